The van der Waals surface area contributed by atoms with Crippen LogP contribution in [-0.4, -0.2) is 37.5 Å². The minimum atomic E-state index is -0.744. The second-order valence-corrected chi connectivity index (χ2v) is 4.14. The van der Waals surface area contributed by atoms with E-state index in [1.54, 1.807) is 0 Å². The van der Waals surface area contributed by atoms with Gasteiger partial charge >= 0.3 is 5.97 Å². The predicted molar refractivity (Wildman–Crippen MR) is 60.0 cm³/mol. The Hall–Kier alpha value is -1.59. The van der Waals surface area contributed by atoms with Gasteiger partial charge in [-0.1, -0.05) is 0 Å². The molecule has 1 saturated heterocycles. The van der Waals surface area contributed by atoms with Gasteiger partial charge in [-0.3, -0.25) is 9.59 Å². The summed E-state index contributed by atoms with van der Waals surface area (Å²) in [6, 6.07) is -0.744. The molecule has 0 radical (unpaired) electrons. The quantitative estimate of drug-likeness (QED) is 0.656. The Kier molecular flexibility index (Phi) is 4.93. The lowest BCUT2D eigenvalue weighted by Gasteiger charge is -2.25. The molecule has 1 rings (SSSR count). The van der Waals surface area contributed by atoms with Gasteiger partial charge in [0, 0.05) is 19.4 Å². The van der Waals surface area contributed by atoms with E-state index in [1.165, 1.54) is 14.0 Å². The van der Waals surface area contributed by atoms with Gasteiger partial charge in [-0.15, -0.1) is 0 Å². The van der Waals surface area contributed by atoms with Crippen molar-refractivity contribution in [2.75, 3.05) is 13.7 Å². The van der Waals surface area contributed by atoms with Crippen LogP contribution in [0.1, 0.15) is 26.2 Å². The third-order valence-corrected chi connectivity index (χ3v) is 2.78. The Labute approximate surface area is 100 Å². The normalized spacial score (nSPS) is 21.3. The molecule has 1 aliphatic heterocycles. The molecule has 96 valence electrons. The molecule has 0 aromatic rings. The van der Waals surface area contributed by atoms with E-state index in [0.29, 0.717) is 6.54 Å². The number of amides is 2. The maximum absolute atomic E-state index is 11.6. The number of rotatable bonds is 4. The summed E-state index contributed by atoms with van der Waals surface area (Å²) in [6.07, 6.45) is 1.92. The lowest BCUT2D eigenvalue weighted by molar-refractivity contribution is -0.145. The van der Waals surface area contributed by atoms with Gasteiger partial charge in [-0.25, -0.2) is 4.79 Å². The van der Waals surface area contributed by atoms with Crippen LogP contribution < -0.4 is 10.6 Å². The number of methoxy groups -OCH3 is 1. The summed E-state index contributed by atoms with van der Waals surface area (Å²) in [5, 5.41) is 5.25. The maximum Gasteiger partial charge on any atom is 0.328 e. The zero-order valence-electron chi connectivity index (χ0n) is 10.1. The molecule has 0 aromatic carbocycles. The monoisotopic (exact) mass is 242 g/mol. The highest BCUT2D eigenvalue weighted by atomic mass is 16.5. The van der Waals surface area contributed by atoms with Gasteiger partial charge in [0.15, 0.2) is 0 Å². The van der Waals surface area contributed by atoms with Gasteiger partial charge in [0.25, 0.3) is 0 Å². The average molecular weight is 242 g/mol. The van der Waals surface area contributed by atoms with Crippen molar-refractivity contribution in [2.24, 2.45) is 5.92 Å². The Morgan fingerprint density at radius 3 is 2.82 bits per heavy atom. The molecule has 0 unspecified atom stereocenters. The summed E-state index contributed by atoms with van der Waals surface area (Å²) >= 11 is 0. The summed E-state index contributed by atoms with van der Waals surface area (Å²) < 4.78 is 4.60. The van der Waals surface area contributed by atoms with Crippen LogP contribution in [0.25, 0.3) is 0 Å². The van der Waals surface area contributed by atoms with Crippen LogP contribution in [0.2, 0.25) is 0 Å². The molecule has 6 nitrogen and oxygen atoms in total. The number of ether oxygens (including phenoxy) is 1. The van der Waals surface area contributed by atoms with Crippen molar-refractivity contribution in [3.63, 3.8) is 0 Å². The van der Waals surface area contributed by atoms with E-state index in [1.807, 2.05) is 0 Å². The SMILES string of the molecule is COC(=O)[C@H](C[C@@H]1CCCNC1=O)NC(C)=O. The van der Waals surface area contributed by atoms with E-state index in [9.17, 15) is 14.4 Å². The summed E-state index contributed by atoms with van der Waals surface area (Å²) in [7, 11) is 1.26. The Morgan fingerprint density at radius 1 is 1.59 bits per heavy atom. The van der Waals surface area contributed by atoms with Crippen molar-refractivity contribution in [1.29, 1.82) is 0 Å². The molecule has 2 atom stereocenters. The van der Waals surface area contributed by atoms with E-state index in [0.717, 1.165) is 12.8 Å². The minimum absolute atomic E-state index is 0.0597. The number of hydrogen-bond donors (Lipinski definition) is 2. The summed E-state index contributed by atoms with van der Waals surface area (Å²) in [4.78, 5) is 34.0. The number of piperidine rings is 1. The third-order valence-electron chi connectivity index (χ3n) is 2.78. The third kappa shape index (κ3) is 4.05. The van der Waals surface area contributed by atoms with Gasteiger partial charge in [-0.05, 0) is 19.3 Å². The maximum atomic E-state index is 11.6. The average Bonchev–Trinajstić information content (AvgIpc) is 2.29. The standard InChI is InChI=1S/C11H18N2O4/c1-7(14)13-9(11(16)17-2)6-8-4-3-5-12-10(8)15/h8-9H,3-6H2,1-2H3,(H,12,15)(H,13,14)/t8-,9-/m0/s1. The first-order valence-corrected chi connectivity index (χ1v) is 5.67. The fourth-order valence-electron chi connectivity index (χ4n) is 1.95. The first-order chi connectivity index (χ1) is 8.04. The first-order valence-electron chi connectivity index (χ1n) is 5.67. The molecule has 0 saturated carbocycles. The number of carbonyl (C=O) groups is 3. The highest BCUT2D eigenvalue weighted by molar-refractivity contribution is 5.85. The Balaban J connectivity index is 2.60. The largest absolute Gasteiger partial charge is 0.467 e. The Bertz CT molecular complexity index is 317. The molecular formula is C11H18N2O4. The molecule has 0 aromatic heterocycles. The van der Waals surface area contributed by atoms with Crippen molar-refractivity contribution in [2.45, 2.75) is 32.2 Å². The zero-order valence-corrected chi connectivity index (χ0v) is 10.1. The van der Waals surface area contributed by atoms with Crippen LogP contribution in [0.5, 0.6) is 0 Å². The zero-order chi connectivity index (χ0) is 12.8. The molecule has 2 amide bonds. The fourth-order valence-corrected chi connectivity index (χ4v) is 1.95. The van der Waals surface area contributed by atoms with Crippen LogP contribution >= 0.6 is 0 Å². The van der Waals surface area contributed by atoms with Gasteiger partial charge in [0.1, 0.15) is 6.04 Å². The number of esters is 1. The predicted octanol–water partition coefficient (Wildman–Crippen LogP) is -0.420. The molecular weight excluding hydrogens is 224 g/mol. The molecule has 1 fully saturated rings. The van der Waals surface area contributed by atoms with Crippen LogP contribution in [0.3, 0.4) is 0 Å². The number of hydrogen-bond acceptors (Lipinski definition) is 4. The van der Waals surface area contributed by atoms with Crippen molar-refractivity contribution >= 4 is 17.8 Å². The van der Waals surface area contributed by atoms with E-state index >= 15 is 0 Å². The highest BCUT2D eigenvalue weighted by Crippen LogP contribution is 2.17. The fraction of sp³-hybridized carbons (Fsp3) is 0.727. The summed E-state index contributed by atoms with van der Waals surface area (Å²) in [5.41, 5.74) is 0. The molecule has 1 heterocycles. The van der Waals surface area contributed by atoms with E-state index in [4.69, 9.17) is 0 Å². The lowest BCUT2D eigenvalue weighted by atomic mass is 9.91. The minimum Gasteiger partial charge on any atom is -0.467 e. The Morgan fingerprint density at radius 2 is 2.29 bits per heavy atom. The van der Waals surface area contributed by atoms with Crippen molar-refractivity contribution in [3.05, 3.63) is 0 Å². The van der Waals surface area contributed by atoms with Gasteiger partial charge in [-0.2, -0.15) is 0 Å². The smallest absolute Gasteiger partial charge is 0.328 e. The van der Waals surface area contributed by atoms with Gasteiger partial charge in [0.2, 0.25) is 11.8 Å². The number of carbonyl (C=O) groups excluding carboxylic acids is 3. The van der Waals surface area contributed by atoms with E-state index in [-0.39, 0.29) is 24.2 Å². The molecule has 17 heavy (non-hydrogen) atoms. The molecule has 0 bridgehead atoms. The second-order valence-electron chi connectivity index (χ2n) is 4.14. The van der Waals surface area contributed by atoms with Crippen molar-refractivity contribution < 1.29 is 19.1 Å². The molecule has 0 aliphatic carbocycles. The van der Waals surface area contributed by atoms with Gasteiger partial charge < -0.3 is 15.4 Å². The van der Waals surface area contributed by atoms with Gasteiger partial charge in [0.05, 0.1) is 7.11 Å². The van der Waals surface area contributed by atoms with Crippen LogP contribution in [0.15, 0.2) is 0 Å². The van der Waals surface area contributed by atoms with Crippen molar-refractivity contribution in [1.82, 2.24) is 10.6 Å². The second kappa shape index (κ2) is 6.22. The number of nitrogens with one attached hydrogen (secondary N) is 2. The van der Waals surface area contributed by atoms with Crippen LogP contribution in [0.4, 0.5) is 0 Å². The lowest BCUT2D eigenvalue weighted by Crippen LogP contribution is -2.45. The topological polar surface area (TPSA) is 84.5 Å². The summed E-state index contributed by atoms with van der Waals surface area (Å²) in [5.74, 6) is -1.12. The van der Waals surface area contributed by atoms with E-state index < -0.39 is 12.0 Å². The summed E-state index contributed by atoms with van der Waals surface area (Å²) in [6.45, 7) is 2.01. The van der Waals surface area contributed by atoms with Crippen molar-refractivity contribution in [3.8, 4) is 0 Å². The molecule has 0 spiro atoms. The highest BCUT2D eigenvalue weighted by Gasteiger charge is 2.29. The first kappa shape index (κ1) is 13.5. The van der Waals surface area contributed by atoms with E-state index in [2.05, 4.69) is 15.4 Å². The van der Waals surface area contributed by atoms with Crippen LogP contribution in [0, 0.1) is 5.92 Å². The van der Waals surface area contributed by atoms with Crippen LogP contribution in [-0.2, 0) is 19.1 Å². The molecule has 1 aliphatic rings. The molecule has 2 N–H and O–H groups in total. The molecule has 6 heteroatoms.